The Bertz CT molecular complexity index is 5110. The van der Waals surface area contributed by atoms with Gasteiger partial charge in [0.25, 0.3) is 16.6 Å². The number of amides is 4. The molecule has 672 valence electrons. The molecule has 9 aromatic rings. The van der Waals surface area contributed by atoms with E-state index in [-0.39, 0.29) is 52.4 Å². The predicted molar refractivity (Wildman–Crippen MR) is 472 cm³/mol. The maximum atomic E-state index is 15.2. The van der Waals surface area contributed by atoms with Gasteiger partial charge in [0.1, 0.15) is 74.6 Å². The number of ether oxygens (including phenoxy) is 15. The van der Waals surface area contributed by atoms with Gasteiger partial charge in [0.15, 0.2) is 49.7 Å². The summed E-state index contributed by atoms with van der Waals surface area (Å²) in [5.74, 6) is -2.70. The summed E-state index contributed by atoms with van der Waals surface area (Å²) in [4.78, 5) is 103. The number of rotatable bonds is 28. The summed E-state index contributed by atoms with van der Waals surface area (Å²) in [6, 6.07) is 79.3. The first kappa shape index (κ1) is 90.3. The highest BCUT2D eigenvalue weighted by Crippen LogP contribution is 2.51. The minimum atomic E-state index is -4.20. The molecule has 0 radical (unpaired) electrons. The lowest BCUT2D eigenvalue weighted by Gasteiger charge is -2.52. The number of carbonyl (C=O) groups is 6. The summed E-state index contributed by atoms with van der Waals surface area (Å²) in [5.41, 5.74) is 10.8. The van der Waals surface area contributed by atoms with Crippen molar-refractivity contribution in [1.29, 1.82) is 0 Å². The Morgan fingerprint density at radius 3 is 1.41 bits per heavy atom. The van der Waals surface area contributed by atoms with E-state index in [1.165, 1.54) is 18.7 Å². The van der Waals surface area contributed by atoms with E-state index >= 15 is 9.59 Å². The lowest BCUT2D eigenvalue weighted by atomic mass is 9.83. The van der Waals surface area contributed by atoms with E-state index in [9.17, 15) is 24.0 Å². The van der Waals surface area contributed by atoms with E-state index in [0.717, 1.165) is 10.4 Å². The fourth-order valence-electron chi connectivity index (χ4n) is 19.0. The van der Waals surface area contributed by atoms with Crippen molar-refractivity contribution < 1.29 is 109 Å². The summed E-state index contributed by atoms with van der Waals surface area (Å²) in [6.07, 6.45) is -25.2. The molecule has 6 aliphatic heterocycles. The Kier molecular flexibility index (Phi) is 28.2. The molecule has 2 unspecified atom stereocenters. The first-order valence-corrected chi connectivity index (χ1v) is 47.3. The Morgan fingerprint density at radius 1 is 0.492 bits per heavy atom. The van der Waals surface area contributed by atoms with E-state index in [2.05, 4.69) is 61.0 Å². The van der Waals surface area contributed by atoms with E-state index in [1.807, 2.05) is 202 Å². The van der Waals surface area contributed by atoms with Crippen molar-refractivity contribution >= 4 is 73.7 Å². The van der Waals surface area contributed by atoms with Gasteiger partial charge in [-0.2, -0.15) is 0 Å². The van der Waals surface area contributed by atoms with Crippen molar-refractivity contribution in [2.45, 2.75) is 214 Å². The summed E-state index contributed by atoms with van der Waals surface area (Å²) >= 11 is 0. The Morgan fingerprint density at radius 2 is 0.922 bits per heavy atom. The Balaban J connectivity index is 0.853. The molecule has 30 heteroatoms. The van der Waals surface area contributed by atoms with Crippen LogP contribution in [0, 0.1) is 5.92 Å². The van der Waals surface area contributed by atoms with Gasteiger partial charge in [-0.25, -0.2) is 19.2 Å². The van der Waals surface area contributed by atoms with Gasteiger partial charge in [-0.05, 0) is 60.4 Å². The molecule has 6 heterocycles. The number of hydrogen-bond donors (Lipinski definition) is 5. The van der Waals surface area contributed by atoms with Crippen LogP contribution >= 0.6 is 0 Å². The van der Waals surface area contributed by atoms with Crippen molar-refractivity contribution in [2.75, 3.05) is 19.8 Å². The molecule has 0 aromatic heterocycles. The van der Waals surface area contributed by atoms with Gasteiger partial charge in [-0.1, -0.05) is 308 Å². The second-order valence-corrected chi connectivity index (χ2v) is 43.2. The molecule has 9 aromatic carbocycles. The van der Waals surface area contributed by atoms with Crippen LogP contribution in [-0.4, -0.2) is 193 Å². The van der Waals surface area contributed by atoms with Gasteiger partial charge in [-0.3, -0.25) is 14.5 Å². The number of esters is 2. The zero-order chi connectivity index (χ0) is 89.3. The summed E-state index contributed by atoms with van der Waals surface area (Å²) in [6.45, 7) is 11.6. The summed E-state index contributed by atoms with van der Waals surface area (Å²) in [5, 5.41) is 10.2. The average molecular weight is 1780 g/mol. The quantitative estimate of drug-likeness (QED) is 0.0173. The second kappa shape index (κ2) is 39.9. The van der Waals surface area contributed by atoms with Gasteiger partial charge in [0.2, 0.25) is 0 Å². The zero-order valence-corrected chi connectivity index (χ0v) is 74.2. The number of nitrogens with one attached hydrogen (secondary N) is 3. The first-order chi connectivity index (χ1) is 61.9. The van der Waals surface area contributed by atoms with Crippen LogP contribution in [0.4, 0.5) is 19.2 Å². The standard InChI is InChI=1S/C98H109N5O23Si2/c1-61(104)116-85-78(101-93(106)112-56-63-35-17-8-18-36-63)91(118-75-55-103(96(109)114-58-65-39-21-10-22-40-65)88(121-83(75)85)66-41-23-11-24-42-66)122-80-72(54-98(6,7)127(110,68-45-27-13-28-46-68)69-47-29-14-30-48-69)90(119-77(80)60-115-128(97(3,4)5,70-49-31-15-32-50-70)71-51-33-16-34-52-71)125-87-81(73(99)53-74-82(87)126-95(108)100-74)123-92-79(102-94(107)113-57-64-37-19-9-20-38-64)86(117-62(2)105)84-76(120-92)59-111-89(124-84)67-43-25-12-26-44-67/h8-52,72-92,110H,53-60,99H2,1-7H3,(H,100,108)(H,101,106)(H,102,107)/t72-,73+,74-,75+,76-,77-,78-,79-,80+,81-,82+,83-,84-,85-,86+,87+,88?,89?,90+,91-,92-/m1/s1. The van der Waals surface area contributed by atoms with Crippen molar-refractivity contribution in [1.82, 2.24) is 20.9 Å². The highest BCUT2D eigenvalue weighted by atomic mass is 28.4. The number of fused-ring (bicyclic) bond motifs is 3. The van der Waals surface area contributed by atoms with Crippen molar-refractivity contribution in [3.05, 3.63) is 301 Å². The third-order valence-electron chi connectivity index (χ3n) is 25.0. The smallest absolute Gasteiger partial charge is 0.412 e. The van der Waals surface area contributed by atoms with Crippen LogP contribution in [0.15, 0.2) is 273 Å². The second-order valence-electron chi connectivity index (χ2n) is 35.0. The monoisotopic (exact) mass is 1780 g/mol. The van der Waals surface area contributed by atoms with Gasteiger partial charge in [-0.15, -0.1) is 0 Å². The van der Waals surface area contributed by atoms with Crippen LogP contribution in [0.1, 0.15) is 102 Å². The van der Waals surface area contributed by atoms with Gasteiger partial charge >= 0.3 is 36.3 Å². The van der Waals surface area contributed by atoms with Crippen molar-refractivity contribution in [3.63, 3.8) is 0 Å². The van der Waals surface area contributed by atoms with Crippen LogP contribution in [0.5, 0.6) is 0 Å². The molecule has 1 aliphatic carbocycles. The molecule has 7 aliphatic rings. The van der Waals surface area contributed by atoms with Crippen LogP contribution in [0.2, 0.25) is 10.1 Å². The van der Waals surface area contributed by atoms with E-state index in [0.29, 0.717) is 38.2 Å². The van der Waals surface area contributed by atoms with Crippen LogP contribution in [-0.2, 0) is 105 Å². The van der Waals surface area contributed by atoms with Crippen molar-refractivity contribution in [2.24, 2.45) is 11.7 Å². The highest BCUT2D eigenvalue weighted by molar-refractivity contribution is 6.99. The Labute approximate surface area is 745 Å². The normalized spacial score (nSPS) is 28.1. The fraction of sp³-hybridized carbons (Fsp3) is 0.388. The molecule has 6 N–H and O–H groups in total. The largest absolute Gasteiger partial charge is 0.457 e. The molecule has 0 bridgehead atoms. The number of hydrogen-bond acceptors (Lipinski definition) is 24. The number of benzene rings is 9. The topological polar surface area (TPSA) is 336 Å². The number of alkyl carbamates (subject to hydrolysis) is 3. The molecule has 6 saturated heterocycles. The Hall–Kier alpha value is -11.0. The maximum absolute atomic E-state index is 15.2. The predicted octanol–water partition coefficient (Wildman–Crippen LogP) is 10.9. The maximum Gasteiger partial charge on any atom is 0.412 e. The molecule has 7 fully saturated rings. The van der Waals surface area contributed by atoms with Crippen LogP contribution in [0.25, 0.3) is 0 Å². The molecular weight excluding hydrogens is 1670 g/mol. The van der Waals surface area contributed by atoms with E-state index in [1.54, 1.807) is 60.7 Å². The molecular formula is C98H109N5O23Si2. The molecule has 1 saturated carbocycles. The van der Waals surface area contributed by atoms with Gasteiger partial charge < -0.3 is 102 Å². The highest BCUT2D eigenvalue weighted by Gasteiger charge is 2.64. The minimum absolute atomic E-state index is 0.0234. The first-order valence-electron chi connectivity index (χ1n) is 43.4. The van der Waals surface area contributed by atoms with Crippen LogP contribution < -0.4 is 42.4 Å². The van der Waals surface area contributed by atoms with Crippen molar-refractivity contribution in [3.8, 4) is 0 Å². The molecule has 21 atom stereocenters. The van der Waals surface area contributed by atoms with Gasteiger partial charge in [0.05, 0.1) is 31.9 Å². The zero-order valence-electron chi connectivity index (χ0n) is 72.2. The molecule has 4 amide bonds. The number of nitrogens with zero attached hydrogens (tertiary/aromatic N) is 1. The van der Waals surface area contributed by atoms with E-state index < -0.39 is 192 Å². The van der Waals surface area contributed by atoms with E-state index in [4.69, 9.17) is 81.2 Å². The molecule has 28 nitrogen and oxygen atoms in total. The summed E-state index contributed by atoms with van der Waals surface area (Å²) < 4.78 is 111. The van der Waals surface area contributed by atoms with Gasteiger partial charge in [0, 0.05) is 36.9 Å². The number of nitrogens with two attached hydrogens (primary N) is 1. The number of carbonyl (C=O) groups excluding carboxylic acids is 6. The molecule has 128 heavy (non-hydrogen) atoms. The van der Waals surface area contributed by atoms with Crippen LogP contribution in [0.3, 0.4) is 0 Å². The average Bonchev–Trinajstić information content (AvgIpc) is 1.31. The lowest BCUT2D eigenvalue weighted by molar-refractivity contribution is -0.357. The lowest BCUT2D eigenvalue weighted by Crippen LogP contribution is -2.70. The fourth-order valence-corrected chi connectivity index (χ4v) is 27.4. The molecule has 16 rings (SSSR count). The third kappa shape index (κ3) is 19.9. The third-order valence-corrected chi connectivity index (χ3v) is 34.5. The SMILES string of the molecule is CC(=O)O[C@@H]1[C@@H](NC(=O)OCc2ccccc2)[C@@H](O[C@H]2[C@@H](CC(C)(C)[Si](O)(c3ccccc3)c3ccccc3)[C@H](O[C@@H]3[C@H]4OC(=O)N[C@@H]4C[C@H](N)[C@H]3O[C@H]3O[C@@H]4COC(c5ccccc5)O[C@H]4[C@@H](OC(C)=O)[C@H]3NC(=O)OCc3ccccc3)O[C@@H]2CO[Si](c2ccccc2)(c2ccccc2)C(C)(C)C)O[C@H]2CN(C(=O)OCc3ccccc3)C(c3ccccc3)O[C@@H]12. The summed E-state index contributed by atoms with van der Waals surface area (Å²) in [7, 11) is -7.86. The minimum Gasteiger partial charge on any atom is -0.457 e. The molecule has 0 spiro atoms.